The molecule has 0 aliphatic carbocycles. The fourth-order valence-electron chi connectivity index (χ4n) is 2.30. The highest BCUT2D eigenvalue weighted by molar-refractivity contribution is 9.10. The quantitative estimate of drug-likeness (QED) is 0.503. The largest absolute Gasteiger partial charge is 0.457 e. The second-order valence-corrected chi connectivity index (χ2v) is 7.04. The van der Waals surface area contributed by atoms with Crippen LogP contribution in [0.4, 0.5) is 4.79 Å². The van der Waals surface area contributed by atoms with Crippen LogP contribution in [0.3, 0.4) is 0 Å². The number of amides is 2. The molecule has 2 amide bonds. The molecule has 8 heteroatoms. The van der Waals surface area contributed by atoms with E-state index in [0.29, 0.717) is 11.5 Å². The van der Waals surface area contributed by atoms with Crippen LogP contribution in [0.1, 0.15) is 16.1 Å². The molecular formula is C19H12BrCl2NO4. The topological polar surface area (TPSA) is 68.5 Å². The Kier molecular flexibility index (Phi) is 6.21. The summed E-state index contributed by atoms with van der Waals surface area (Å²) >= 11 is 15.3. The molecule has 0 aliphatic heterocycles. The SMILES string of the molecule is O=C(NC(=O)c1c(Cl)cccc1Cl)OCc1ccc(-c2ccccc2Br)o1. The predicted molar refractivity (Wildman–Crippen MR) is 106 cm³/mol. The summed E-state index contributed by atoms with van der Waals surface area (Å²) in [7, 11) is 0. The summed E-state index contributed by atoms with van der Waals surface area (Å²) in [5.74, 6) is 0.309. The van der Waals surface area contributed by atoms with Gasteiger partial charge in [0.1, 0.15) is 11.5 Å². The van der Waals surface area contributed by atoms with E-state index in [1.54, 1.807) is 18.2 Å². The third kappa shape index (κ3) is 4.71. The molecule has 0 fully saturated rings. The van der Waals surface area contributed by atoms with E-state index in [9.17, 15) is 9.59 Å². The summed E-state index contributed by atoms with van der Waals surface area (Å²) < 4.78 is 11.6. The van der Waals surface area contributed by atoms with Crippen molar-refractivity contribution in [2.45, 2.75) is 6.61 Å². The van der Waals surface area contributed by atoms with E-state index in [4.69, 9.17) is 32.4 Å². The number of alkyl carbamates (subject to hydrolysis) is 1. The van der Waals surface area contributed by atoms with E-state index in [-0.39, 0.29) is 22.2 Å². The van der Waals surface area contributed by atoms with Gasteiger partial charge in [0.05, 0.1) is 15.6 Å². The number of benzene rings is 2. The summed E-state index contributed by atoms with van der Waals surface area (Å²) in [5, 5.41) is 2.35. The number of imide groups is 1. The maximum Gasteiger partial charge on any atom is 0.414 e. The van der Waals surface area contributed by atoms with Crippen LogP contribution >= 0.6 is 39.1 Å². The minimum atomic E-state index is -0.935. The monoisotopic (exact) mass is 467 g/mol. The molecule has 0 aliphatic rings. The lowest BCUT2D eigenvalue weighted by atomic mass is 10.2. The van der Waals surface area contributed by atoms with Crippen molar-refractivity contribution >= 4 is 51.1 Å². The Bertz CT molecular complexity index is 983. The highest BCUT2D eigenvalue weighted by Gasteiger charge is 2.18. The highest BCUT2D eigenvalue weighted by atomic mass is 79.9. The Labute approximate surface area is 173 Å². The van der Waals surface area contributed by atoms with Crippen LogP contribution < -0.4 is 5.32 Å². The summed E-state index contributed by atoms with van der Waals surface area (Å²) in [5.41, 5.74) is 0.878. The molecule has 0 radical (unpaired) electrons. The molecule has 0 saturated carbocycles. The lowest BCUT2D eigenvalue weighted by Crippen LogP contribution is -2.31. The lowest BCUT2D eigenvalue weighted by Gasteiger charge is -2.07. The van der Waals surface area contributed by atoms with E-state index in [0.717, 1.165) is 10.0 Å². The lowest BCUT2D eigenvalue weighted by molar-refractivity contribution is 0.0903. The molecule has 0 spiro atoms. The number of ether oxygens (including phenoxy) is 1. The zero-order chi connectivity index (χ0) is 19.4. The molecule has 1 heterocycles. The number of carbonyl (C=O) groups is 2. The van der Waals surface area contributed by atoms with Crippen LogP contribution in [0.2, 0.25) is 10.0 Å². The Morgan fingerprint density at radius 2 is 1.70 bits per heavy atom. The Balaban J connectivity index is 1.60. The molecule has 0 unspecified atom stereocenters. The number of hydrogen-bond acceptors (Lipinski definition) is 4. The number of hydrogen-bond donors (Lipinski definition) is 1. The second-order valence-electron chi connectivity index (χ2n) is 5.37. The van der Waals surface area contributed by atoms with Gasteiger partial charge in [0.15, 0.2) is 6.61 Å². The maximum atomic E-state index is 12.1. The van der Waals surface area contributed by atoms with Crippen LogP contribution in [0, 0.1) is 0 Å². The molecular weight excluding hydrogens is 457 g/mol. The van der Waals surface area contributed by atoms with Crippen LogP contribution in [0.15, 0.2) is 63.5 Å². The number of carbonyl (C=O) groups excluding carboxylic acids is 2. The minimum absolute atomic E-state index is 0.00648. The Morgan fingerprint density at radius 1 is 1.00 bits per heavy atom. The summed E-state index contributed by atoms with van der Waals surface area (Å²) in [6, 6.07) is 15.6. The molecule has 3 aromatic rings. The van der Waals surface area contributed by atoms with E-state index in [2.05, 4.69) is 21.2 Å². The maximum absolute atomic E-state index is 12.1. The van der Waals surface area contributed by atoms with Gasteiger partial charge in [-0.3, -0.25) is 10.1 Å². The van der Waals surface area contributed by atoms with Crippen LogP contribution in [0.5, 0.6) is 0 Å². The van der Waals surface area contributed by atoms with Gasteiger partial charge in [0.25, 0.3) is 5.91 Å². The van der Waals surface area contributed by atoms with Crippen molar-refractivity contribution in [2.75, 3.05) is 0 Å². The van der Waals surface area contributed by atoms with Gasteiger partial charge in [-0.1, -0.05) is 63.4 Å². The molecule has 1 N–H and O–H groups in total. The first-order valence-corrected chi connectivity index (χ1v) is 9.26. The molecule has 27 heavy (non-hydrogen) atoms. The van der Waals surface area contributed by atoms with Crippen molar-refractivity contribution < 1.29 is 18.7 Å². The smallest absolute Gasteiger partial charge is 0.414 e. The Morgan fingerprint density at radius 3 is 2.41 bits per heavy atom. The van der Waals surface area contributed by atoms with Gasteiger partial charge in [-0.2, -0.15) is 0 Å². The normalized spacial score (nSPS) is 10.5. The van der Waals surface area contributed by atoms with Crippen molar-refractivity contribution in [3.63, 3.8) is 0 Å². The van der Waals surface area contributed by atoms with Gasteiger partial charge in [-0.25, -0.2) is 4.79 Å². The van der Waals surface area contributed by atoms with Crippen molar-refractivity contribution in [1.82, 2.24) is 5.32 Å². The van der Waals surface area contributed by atoms with E-state index in [1.807, 2.05) is 24.3 Å². The molecule has 3 rings (SSSR count). The van der Waals surface area contributed by atoms with Crippen molar-refractivity contribution in [2.24, 2.45) is 0 Å². The van der Waals surface area contributed by atoms with Crippen LogP contribution in [0.25, 0.3) is 11.3 Å². The average molecular weight is 469 g/mol. The zero-order valence-electron chi connectivity index (χ0n) is 13.7. The van der Waals surface area contributed by atoms with Crippen LogP contribution in [-0.4, -0.2) is 12.0 Å². The number of rotatable bonds is 4. The molecule has 2 aromatic carbocycles. The van der Waals surface area contributed by atoms with Crippen molar-refractivity contribution in [3.05, 3.63) is 80.4 Å². The molecule has 1 aromatic heterocycles. The number of furan rings is 1. The third-order valence-corrected chi connectivity index (χ3v) is 4.87. The van der Waals surface area contributed by atoms with Gasteiger partial charge in [0, 0.05) is 10.0 Å². The molecule has 138 valence electrons. The summed E-state index contributed by atoms with van der Waals surface area (Å²) in [6.45, 7) is -0.139. The molecule has 0 atom stereocenters. The highest BCUT2D eigenvalue weighted by Crippen LogP contribution is 2.29. The van der Waals surface area contributed by atoms with Gasteiger partial charge in [-0.05, 0) is 30.3 Å². The van der Waals surface area contributed by atoms with Crippen molar-refractivity contribution in [1.29, 1.82) is 0 Å². The zero-order valence-corrected chi connectivity index (χ0v) is 16.8. The second kappa shape index (κ2) is 8.61. The first kappa shape index (κ1) is 19.5. The van der Waals surface area contributed by atoms with Crippen LogP contribution in [-0.2, 0) is 11.3 Å². The fourth-order valence-corrected chi connectivity index (χ4v) is 3.35. The summed E-state index contributed by atoms with van der Waals surface area (Å²) in [4.78, 5) is 24.0. The van der Waals surface area contributed by atoms with Gasteiger partial charge < -0.3 is 9.15 Å². The molecule has 5 nitrogen and oxygen atoms in total. The Hall–Kier alpha value is -2.28. The van der Waals surface area contributed by atoms with E-state index < -0.39 is 12.0 Å². The van der Waals surface area contributed by atoms with Crippen molar-refractivity contribution in [3.8, 4) is 11.3 Å². The van der Waals surface area contributed by atoms with Gasteiger partial charge >= 0.3 is 6.09 Å². The van der Waals surface area contributed by atoms with E-state index in [1.165, 1.54) is 12.1 Å². The standard InChI is InChI=1S/C19H12BrCl2NO4/c20-13-5-2-1-4-12(13)16-9-8-11(27-16)10-26-19(25)23-18(24)17-14(21)6-3-7-15(17)22/h1-9H,10H2,(H,23,24,25). The van der Waals surface area contributed by atoms with Gasteiger partial charge in [0.2, 0.25) is 0 Å². The third-order valence-electron chi connectivity index (χ3n) is 3.55. The summed E-state index contributed by atoms with van der Waals surface area (Å²) in [6.07, 6.45) is -0.935. The average Bonchev–Trinajstić information content (AvgIpc) is 3.09. The molecule has 0 saturated heterocycles. The first-order chi connectivity index (χ1) is 13.0. The first-order valence-electron chi connectivity index (χ1n) is 7.71. The minimum Gasteiger partial charge on any atom is -0.457 e. The van der Waals surface area contributed by atoms with Gasteiger partial charge in [-0.15, -0.1) is 0 Å². The molecule has 0 bridgehead atoms. The fraction of sp³-hybridized carbons (Fsp3) is 0.0526. The predicted octanol–water partition coefficient (Wildman–Crippen LogP) is 6.08. The number of halogens is 3. The van der Waals surface area contributed by atoms with E-state index >= 15 is 0 Å². The number of nitrogens with one attached hydrogen (secondary N) is 1.